The fourth-order valence-electron chi connectivity index (χ4n) is 2.64. The number of hydrogen-bond donors (Lipinski definition) is 1. The number of hydrogen-bond acceptors (Lipinski definition) is 6. The van der Waals surface area contributed by atoms with E-state index in [-0.39, 0.29) is 10.6 Å². The molecule has 0 spiro atoms. The first kappa shape index (κ1) is 21.5. The molecule has 1 N–H and O–H groups in total. The average molecular weight is 544 g/mol. The number of nitrogens with one attached hydrogen (secondary N) is 1. The molecule has 11 heteroatoms. The van der Waals surface area contributed by atoms with Crippen molar-refractivity contribution in [2.24, 2.45) is 0 Å². The number of nitrogens with zero attached hydrogens (tertiary/aromatic N) is 3. The fourth-order valence-corrected chi connectivity index (χ4v) is 4.89. The van der Waals surface area contributed by atoms with E-state index in [0.717, 1.165) is 0 Å². The summed E-state index contributed by atoms with van der Waals surface area (Å²) in [5.74, 6) is -0.0239. The molecule has 0 atom stereocenters. The highest BCUT2D eigenvalue weighted by Gasteiger charge is 2.24. The number of rotatable bonds is 5. The predicted molar refractivity (Wildman–Crippen MR) is 114 cm³/mol. The van der Waals surface area contributed by atoms with Gasteiger partial charge in [0, 0.05) is 18.0 Å². The van der Waals surface area contributed by atoms with Gasteiger partial charge in [0.1, 0.15) is 5.75 Å². The SMILES string of the molecule is COc1cc(S(=O)(=O)NC(=O)c2cc(C)n(-c3ncccc3Br)n2)c(C)cc1Br. The highest BCUT2D eigenvalue weighted by molar-refractivity contribution is 9.11. The van der Waals surface area contributed by atoms with Gasteiger partial charge in [0.25, 0.3) is 15.9 Å². The Morgan fingerprint density at radius 1 is 1.17 bits per heavy atom. The van der Waals surface area contributed by atoms with Gasteiger partial charge < -0.3 is 4.74 Å². The minimum atomic E-state index is -4.14. The second-order valence-corrected chi connectivity index (χ2v) is 9.44. The van der Waals surface area contributed by atoms with Crippen LogP contribution in [0.15, 0.2) is 50.4 Å². The number of halogens is 2. The van der Waals surface area contributed by atoms with Crippen LogP contribution in [0.1, 0.15) is 21.7 Å². The first-order chi connectivity index (χ1) is 13.6. The van der Waals surface area contributed by atoms with Crippen molar-refractivity contribution in [1.82, 2.24) is 19.5 Å². The van der Waals surface area contributed by atoms with Crippen LogP contribution in [0.25, 0.3) is 5.82 Å². The second kappa shape index (κ2) is 8.25. The van der Waals surface area contributed by atoms with Gasteiger partial charge in [0.15, 0.2) is 11.5 Å². The largest absolute Gasteiger partial charge is 0.496 e. The van der Waals surface area contributed by atoms with Crippen molar-refractivity contribution in [1.29, 1.82) is 0 Å². The van der Waals surface area contributed by atoms with E-state index < -0.39 is 15.9 Å². The Bertz CT molecular complexity index is 1210. The van der Waals surface area contributed by atoms with Gasteiger partial charge >= 0.3 is 0 Å². The van der Waals surface area contributed by atoms with E-state index in [0.29, 0.717) is 31.8 Å². The molecule has 0 saturated carbocycles. The van der Waals surface area contributed by atoms with Crippen LogP contribution >= 0.6 is 31.9 Å². The van der Waals surface area contributed by atoms with E-state index in [1.165, 1.54) is 23.9 Å². The van der Waals surface area contributed by atoms with Crippen LogP contribution < -0.4 is 9.46 Å². The Balaban J connectivity index is 1.93. The van der Waals surface area contributed by atoms with Gasteiger partial charge in [-0.25, -0.2) is 22.8 Å². The summed E-state index contributed by atoms with van der Waals surface area (Å²) in [6, 6.07) is 7.99. The van der Waals surface area contributed by atoms with Crippen molar-refractivity contribution in [3.8, 4) is 11.6 Å². The van der Waals surface area contributed by atoms with Crippen molar-refractivity contribution < 1.29 is 17.9 Å². The minimum absolute atomic E-state index is 0.0506. The van der Waals surface area contributed by atoms with E-state index in [1.807, 2.05) is 0 Å². The predicted octanol–water partition coefficient (Wildman–Crippen LogP) is 3.54. The van der Waals surface area contributed by atoms with Gasteiger partial charge in [-0.2, -0.15) is 5.10 Å². The molecule has 152 valence electrons. The third kappa shape index (κ3) is 4.36. The van der Waals surface area contributed by atoms with E-state index in [4.69, 9.17) is 4.74 Å². The number of carbonyl (C=O) groups is 1. The zero-order valence-electron chi connectivity index (χ0n) is 15.6. The van der Waals surface area contributed by atoms with E-state index >= 15 is 0 Å². The third-order valence-electron chi connectivity index (χ3n) is 4.03. The van der Waals surface area contributed by atoms with Crippen molar-refractivity contribution in [2.45, 2.75) is 18.7 Å². The van der Waals surface area contributed by atoms with E-state index in [9.17, 15) is 13.2 Å². The molecule has 0 saturated heterocycles. The quantitative estimate of drug-likeness (QED) is 0.528. The first-order valence-corrected chi connectivity index (χ1v) is 11.3. The molecular weight excluding hydrogens is 528 g/mol. The number of sulfonamides is 1. The molecular formula is C18H16Br2N4O4S. The molecule has 29 heavy (non-hydrogen) atoms. The van der Waals surface area contributed by atoms with Crippen molar-refractivity contribution >= 4 is 47.8 Å². The molecule has 3 aromatic rings. The van der Waals surface area contributed by atoms with Crippen molar-refractivity contribution in [3.05, 3.63) is 62.4 Å². The molecule has 2 aromatic heterocycles. The lowest BCUT2D eigenvalue weighted by Crippen LogP contribution is -2.31. The Labute approximate surface area is 184 Å². The highest BCUT2D eigenvalue weighted by atomic mass is 79.9. The van der Waals surface area contributed by atoms with Crippen LogP contribution in [0.2, 0.25) is 0 Å². The zero-order valence-corrected chi connectivity index (χ0v) is 19.6. The smallest absolute Gasteiger partial charge is 0.285 e. The summed E-state index contributed by atoms with van der Waals surface area (Å²) in [5, 5.41) is 4.20. The molecule has 0 radical (unpaired) electrons. The summed E-state index contributed by atoms with van der Waals surface area (Å²) in [4.78, 5) is 16.8. The van der Waals surface area contributed by atoms with Gasteiger partial charge in [0.05, 0.1) is 21.0 Å². The number of methoxy groups -OCH3 is 1. The number of aromatic nitrogens is 3. The molecule has 0 aliphatic heterocycles. The molecule has 0 unspecified atom stereocenters. The van der Waals surface area contributed by atoms with E-state index in [2.05, 4.69) is 46.7 Å². The van der Waals surface area contributed by atoms with Crippen LogP contribution in [0.3, 0.4) is 0 Å². The van der Waals surface area contributed by atoms with Crippen LogP contribution in [-0.4, -0.2) is 36.2 Å². The number of aryl methyl sites for hydroxylation is 2. The van der Waals surface area contributed by atoms with Crippen molar-refractivity contribution in [2.75, 3.05) is 7.11 Å². The Hall–Kier alpha value is -2.24. The summed E-state index contributed by atoms with van der Waals surface area (Å²) in [6.07, 6.45) is 1.59. The molecule has 0 aliphatic rings. The van der Waals surface area contributed by atoms with Gasteiger partial charge in [-0.1, -0.05) is 0 Å². The van der Waals surface area contributed by atoms with Gasteiger partial charge in [-0.05, 0) is 75.5 Å². The van der Waals surface area contributed by atoms with Gasteiger partial charge in [-0.15, -0.1) is 0 Å². The van der Waals surface area contributed by atoms with Crippen LogP contribution in [0.5, 0.6) is 5.75 Å². The Morgan fingerprint density at radius 2 is 1.90 bits per heavy atom. The lowest BCUT2D eigenvalue weighted by atomic mass is 10.2. The third-order valence-corrected chi connectivity index (χ3v) is 6.74. The Kier molecular flexibility index (Phi) is 6.11. The Morgan fingerprint density at radius 3 is 2.55 bits per heavy atom. The monoisotopic (exact) mass is 542 g/mol. The number of ether oxygens (including phenoxy) is 1. The van der Waals surface area contributed by atoms with Crippen molar-refractivity contribution in [3.63, 3.8) is 0 Å². The molecule has 1 amide bonds. The first-order valence-electron chi connectivity index (χ1n) is 8.23. The minimum Gasteiger partial charge on any atom is -0.496 e. The van der Waals surface area contributed by atoms with Gasteiger partial charge in [0.2, 0.25) is 0 Å². The molecule has 2 heterocycles. The normalized spacial score (nSPS) is 11.3. The summed E-state index contributed by atoms with van der Waals surface area (Å²) >= 11 is 6.69. The lowest BCUT2D eigenvalue weighted by Gasteiger charge is -2.11. The van der Waals surface area contributed by atoms with E-state index in [1.54, 1.807) is 38.2 Å². The molecule has 1 aromatic carbocycles. The topological polar surface area (TPSA) is 103 Å². The summed E-state index contributed by atoms with van der Waals surface area (Å²) < 4.78 is 35.5. The molecule has 8 nitrogen and oxygen atoms in total. The maximum absolute atomic E-state index is 12.8. The second-order valence-electron chi connectivity index (χ2n) is 6.08. The standard InChI is InChI=1S/C18H16Br2N4O4S/c1-10-7-13(20)15(28-3)9-16(10)29(26,27)23-18(25)14-8-11(2)24(22-14)17-12(19)5-4-6-21-17/h4-9H,1-3H3,(H,23,25). The lowest BCUT2D eigenvalue weighted by molar-refractivity contribution is 0.0976. The molecule has 3 rings (SSSR count). The van der Waals surface area contributed by atoms with Gasteiger partial charge in [-0.3, -0.25) is 4.79 Å². The highest BCUT2D eigenvalue weighted by Crippen LogP contribution is 2.30. The number of pyridine rings is 1. The average Bonchev–Trinajstić information content (AvgIpc) is 3.03. The summed E-state index contributed by atoms with van der Waals surface area (Å²) in [7, 11) is -2.71. The van der Waals surface area contributed by atoms with Crippen LogP contribution in [-0.2, 0) is 10.0 Å². The zero-order chi connectivity index (χ0) is 21.3. The fraction of sp³-hybridized carbons (Fsp3) is 0.167. The number of amides is 1. The molecule has 0 aliphatic carbocycles. The molecule has 0 bridgehead atoms. The summed E-state index contributed by atoms with van der Waals surface area (Å²) in [6.45, 7) is 3.36. The summed E-state index contributed by atoms with van der Waals surface area (Å²) in [5.41, 5.74) is 1.02. The maximum Gasteiger partial charge on any atom is 0.285 e. The van der Waals surface area contributed by atoms with Crippen LogP contribution in [0, 0.1) is 13.8 Å². The maximum atomic E-state index is 12.8. The van der Waals surface area contributed by atoms with Crippen LogP contribution in [0.4, 0.5) is 0 Å². The number of carbonyl (C=O) groups excluding carboxylic acids is 1. The molecule has 0 fully saturated rings. The number of benzene rings is 1.